The molecule has 6 heteroatoms. The van der Waals surface area contributed by atoms with Crippen molar-refractivity contribution in [3.63, 3.8) is 0 Å². The smallest absolute Gasteiger partial charge is 0.261 e. The van der Waals surface area contributed by atoms with Gasteiger partial charge in [0.1, 0.15) is 5.75 Å². The number of rotatable bonds is 8. The molecule has 4 aromatic rings. The minimum absolute atomic E-state index is 0.0894. The zero-order valence-corrected chi connectivity index (χ0v) is 19.3. The molecule has 0 unspecified atom stereocenters. The second-order valence-corrected chi connectivity index (χ2v) is 8.35. The SMILES string of the molecule is CCOc1ccc([C@@H](CNC(=O)[C@H]2Cc3ccccc3O2)c2c[nH]c3ccccc23)cc1OC. The van der Waals surface area contributed by atoms with Gasteiger partial charge in [-0.15, -0.1) is 0 Å². The Morgan fingerprint density at radius 2 is 1.94 bits per heavy atom. The number of para-hydroxylation sites is 2. The second kappa shape index (κ2) is 9.51. The van der Waals surface area contributed by atoms with Crippen LogP contribution < -0.4 is 19.5 Å². The van der Waals surface area contributed by atoms with Crippen molar-refractivity contribution in [2.45, 2.75) is 25.4 Å². The maximum absolute atomic E-state index is 13.1. The largest absolute Gasteiger partial charge is 0.493 e. The zero-order valence-electron chi connectivity index (χ0n) is 19.3. The number of amides is 1. The van der Waals surface area contributed by atoms with Gasteiger partial charge in [-0.2, -0.15) is 0 Å². The third-order valence-corrected chi connectivity index (χ3v) is 6.31. The lowest BCUT2D eigenvalue weighted by Gasteiger charge is -2.21. The Balaban J connectivity index is 1.43. The molecular weight excluding hydrogens is 428 g/mol. The average molecular weight is 457 g/mol. The first-order chi connectivity index (χ1) is 16.7. The Morgan fingerprint density at radius 1 is 1.12 bits per heavy atom. The molecule has 5 rings (SSSR count). The number of aromatic amines is 1. The summed E-state index contributed by atoms with van der Waals surface area (Å²) in [5.74, 6) is 1.96. The third kappa shape index (κ3) is 4.19. The van der Waals surface area contributed by atoms with Crippen molar-refractivity contribution in [3.05, 3.63) is 89.6 Å². The molecule has 2 N–H and O–H groups in total. The number of fused-ring (bicyclic) bond motifs is 2. The lowest BCUT2D eigenvalue weighted by Crippen LogP contribution is -2.39. The Labute approximate surface area is 198 Å². The van der Waals surface area contributed by atoms with Gasteiger partial charge in [0.2, 0.25) is 0 Å². The van der Waals surface area contributed by atoms with Gasteiger partial charge in [0.15, 0.2) is 17.6 Å². The van der Waals surface area contributed by atoms with Crippen LogP contribution in [0, 0.1) is 0 Å². The lowest BCUT2D eigenvalue weighted by atomic mass is 9.90. The summed E-state index contributed by atoms with van der Waals surface area (Å²) in [6.07, 6.45) is 2.08. The molecule has 6 nitrogen and oxygen atoms in total. The summed E-state index contributed by atoms with van der Waals surface area (Å²) >= 11 is 0. The Kier molecular flexibility index (Phi) is 6.12. The van der Waals surface area contributed by atoms with Gasteiger partial charge in [-0.3, -0.25) is 4.79 Å². The van der Waals surface area contributed by atoms with Crippen LogP contribution in [0.5, 0.6) is 17.2 Å². The second-order valence-electron chi connectivity index (χ2n) is 8.35. The van der Waals surface area contributed by atoms with Crippen LogP contribution in [-0.4, -0.2) is 37.3 Å². The highest BCUT2D eigenvalue weighted by Gasteiger charge is 2.30. The van der Waals surface area contributed by atoms with Crippen molar-refractivity contribution in [1.29, 1.82) is 0 Å². The van der Waals surface area contributed by atoms with Crippen LogP contribution in [0.1, 0.15) is 29.5 Å². The highest BCUT2D eigenvalue weighted by atomic mass is 16.5. The fourth-order valence-corrected chi connectivity index (χ4v) is 4.61. The van der Waals surface area contributed by atoms with E-state index in [0.29, 0.717) is 31.1 Å². The first-order valence-corrected chi connectivity index (χ1v) is 11.6. The van der Waals surface area contributed by atoms with E-state index in [-0.39, 0.29) is 11.8 Å². The van der Waals surface area contributed by atoms with Gasteiger partial charge in [-0.25, -0.2) is 0 Å². The number of methoxy groups -OCH3 is 1. The number of benzene rings is 3. The fraction of sp³-hybridized carbons (Fsp3) is 0.250. The lowest BCUT2D eigenvalue weighted by molar-refractivity contribution is -0.127. The molecule has 3 aromatic carbocycles. The predicted octanol–water partition coefficient (Wildman–Crippen LogP) is 4.83. The van der Waals surface area contributed by atoms with Crippen LogP contribution in [0.3, 0.4) is 0 Å². The summed E-state index contributed by atoms with van der Waals surface area (Å²) in [7, 11) is 1.64. The molecule has 0 spiro atoms. The number of H-pyrrole nitrogens is 1. The molecule has 0 bridgehead atoms. The molecule has 1 aliphatic heterocycles. The van der Waals surface area contributed by atoms with Crippen LogP contribution in [0.25, 0.3) is 10.9 Å². The van der Waals surface area contributed by atoms with Crippen LogP contribution in [0.15, 0.2) is 72.9 Å². The summed E-state index contributed by atoms with van der Waals surface area (Å²) in [5.41, 5.74) is 4.26. The molecule has 1 aromatic heterocycles. The van der Waals surface area contributed by atoms with Gasteiger partial charge >= 0.3 is 0 Å². The van der Waals surface area contributed by atoms with E-state index < -0.39 is 6.10 Å². The normalized spacial score (nSPS) is 15.4. The van der Waals surface area contributed by atoms with Crippen molar-refractivity contribution in [3.8, 4) is 17.2 Å². The topological polar surface area (TPSA) is 72.6 Å². The number of nitrogens with one attached hydrogen (secondary N) is 2. The summed E-state index contributed by atoms with van der Waals surface area (Å²) in [6.45, 7) is 2.93. The number of ether oxygens (including phenoxy) is 3. The van der Waals surface area contributed by atoms with E-state index in [9.17, 15) is 4.79 Å². The fourth-order valence-electron chi connectivity index (χ4n) is 4.61. The van der Waals surface area contributed by atoms with E-state index in [1.807, 2.05) is 67.7 Å². The van der Waals surface area contributed by atoms with E-state index >= 15 is 0 Å². The van der Waals surface area contributed by atoms with E-state index in [4.69, 9.17) is 14.2 Å². The minimum atomic E-state index is -0.518. The number of carbonyl (C=O) groups excluding carboxylic acids is 1. The molecule has 1 aliphatic rings. The molecular formula is C28H28N2O4. The molecule has 0 fully saturated rings. The number of hydrogen-bond acceptors (Lipinski definition) is 4. The van der Waals surface area contributed by atoms with Crippen molar-refractivity contribution < 1.29 is 19.0 Å². The highest BCUT2D eigenvalue weighted by molar-refractivity contribution is 5.85. The molecule has 0 saturated carbocycles. The van der Waals surface area contributed by atoms with Crippen molar-refractivity contribution in [2.75, 3.05) is 20.3 Å². The molecule has 0 saturated heterocycles. The summed E-state index contributed by atoms with van der Waals surface area (Å²) < 4.78 is 17.2. The molecule has 174 valence electrons. The Morgan fingerprint density at radius 3 is 2.76 bits per heavy atom. The van der Waals surface area contributed by atoms with E-state index in [1.165, 1.54) is 0 Å². The predicted molar refractivity (Wildman–Crippen MR) is 132 cm³/mol. The summed E-state index contributed by atoms with van der Waals surface area (Å²) in [6, 6.07) is 21.9. The first-order valence-electron chi connectivity index (χ1n) is 11.6. The van der Waals surface area contributed by atoms with Gasteiger partial charge in [0.25, 0.3) is 5.91 Å². The molecule has 2 heterocycles. The van der Waals surface area contributed by atoms with Gasteiger partial charge in [-0.1, -0.05) is 42.5 Å². The Bertz CT molecular complexity index is 1290. The molecule has 0 aliphatic carbocycles. The van der Waals surface area contributed by atoms with Gasteiger partial charge in [0.05, 0.1) is 13.7 Å². The number of aromatic nitrogens is 1. The highest BCUT2D eigenvalue weighted by Crippen LogP contribution is 2.36. The van der Waals surface area contributed by atoms with E-state index in [2.05, 4.69) is 22.4 Å². The van der Waals surface area contributed by atoms with Crippen LogP contribution >= 0.6 is 0 Å². The molecule has 1 amide bonds. The third-order valence-electron chi connectivity index (χ3n) is 6.31. The summed E-state index contributed by atoms with van der Waals surface area (Å²) in [4.78, 5) is 16.4. The van der Waals surface area contributed by atoms with E-state index in [1.54, 1.807) is 7.11 Å². The zero-order chi connectivity index (χ0) is 23.5. The standard InChI is InChI=1S/C28H28N2O4/c1-3-33-25-13-12-18(14-26(25)32-2)21(22-17-29-23-10-6-5-9-20(22)23)16-30-28(31)27-15-19-8-4-7-11-24(19)34-27/h4-14,17,21,27,29H,3,15-16H2,1-2H3,(H,30,31)/t21-,27-/m1/s1. The maximum atomic E-state index is 13.1. The van der Waals surface area contributed by atoms with Gasteiger partial charge in [-0.05, 0) is 47.9 Å². The average Bonchev–Trinajstić information content (AvgIpc) is 3.50. The minimum Gasteiger partial charge on any atom is -0.493 e. The van der Waals surface area contributed by atoms with Crippen molar-refractivity contribution in [1.82, 2.24) is 10.3 Å². The van der Waals surface area contributed by atoms with Crippen molar-refractivity contribution >= 4 is 16.8 Å². The Hall–Kier alpha value is -3.93. The quantitative estimate of drug-likeness (QED) is 0.399. The van der Waals surface area contributed by atoms with Crippen LogP contribution in [0.2, 0.25) is 0 Å². The molecule has 2 atom stereocenters. The molecule has 0 radical (unpaired) electrons. The first kappa shape index (κ1) is 21.9. The number of hydrogen-bond donors (Lipinski definition) is 2. The summed E-state index contributed by atoms with van der Waals surface area (Å²) in [5, 5.41) is 4.26. The van der Waals surface area contributed by atoms with Gasteiger partial charge in [0, 0.05) is 36.0 Å². The van der Waals surface area contributed by atoms with Crippen molar-refractivity contribution in [2.24, 2.45) is 0 Å². The van der Waals surface area contributed by atoms with Gasteiger partial charge < -0.3 is 24.5 Å². The monoisotopic (exact) mass is 456 g/mol. The number of carbonyl (C=O) groups is 1. The van der Waals surface area contributed by atoms with E-state index in [0.717, 1.165) is 33.3 Å². The maximum Gasteiger partial charge on any atom is 0.261 e. The van der Waals surface area contributed by atoms with Crippen LogP contribution in [-0.2, 0) is 11.2 Å². The van der Waals surface area contributed by atoms with Crippen LogP contribution in [0.4, 0.5) is 0 Å². The molecule has 34 heavy (non-hydrogen) atoms.